The number of carbonyl (C=O) groups excluding carboxylic acids is 2. The third-order valence-electron chi connectivity index (χ3n) is 4.01. The fraction of sp³-hybridized carbons (Fsp3) is 0.222. The van der Waals surface area contributed by atoms with Crippen LogP contribution < -0.4 is 16.0 Å². The molecule has 0 radical (unpaired) electrons. The van der Waals surface area contributed by atoms with Gasteiger partial charge in [-0.05, 0) is 17.7 Å². The van der Waals surface area contributed by atoms with Crippen molar-refractivity contribution in [3.05, 3.63) is 66.2 Å². The van der Waals surface area contributed by atoms with Crippen molar-refractivity contribution in [2.45, 2.75) is 18.5 Å². The van der Waals surface area contributed by atoms with Crippen LogP contribution in [0, 0.1) is 0 Å². The van der Waals surface area contributed by atoms with Gasteiger partial charge in [0.2, 0.25) is 11.8 Å². The second kappa shape index (κ2) is 6.62. The Morgan fingerprint density at radius 1 is 1.09 bits per heavy atom. The third-order valence-corrected chi connectivity index (χ3v) is 4.01. The van der Waals surface area contributed by atoms with E-state index < -0.39 is 11.9 Å². The molecule has 5 nitrogen and oxygen atoms in total. The standard InChI is InChI=1S/C18H19N3O2/c19-18(23)17(13-7-3-1-4-8-13)20-14-11-16(22)21(12-14)15-9-5-2-6-10-15/h1-10,14,17,20H,11-12H2,(H2,19,23). The van der Waals surface area contributed by atoms with Gasteiger partial charge in [0.25, 0.3) is 0 Å². The van der Waals surface area contributed by atoms with E-state index in [-0.39, 0.29) is 11.9 Å². The minimum atomic E-state index is -0.593. The minimum Gasteiger partial charge on any atom is -0.368 e. The Hall–Kier alpha value is -2.66. The second-order valence-corrected chi connectivity index (χ2v) is 5.65. The smallest absolute Gasteiger partial charge is 0.239 e. The summed E-state index contributed by atoms with van der Waals surface area (Å²) in [5.74, 6) is -0.396. The lowest BCUT2D eigenvalue weighted by Gasteiger charge is -2.21. The molecule has 2 atom stereocenters. The fourth-order valence-corrected chi connectivity index (χ4v) is 2.90. The lowest BCUT2D eigenvalue weighted by atomic mass is 10.1. The molecule has 23 heavy (non-hydrogen) atoms. The zero-order valence-corrected chi connectivity index (χ0v) is 12.7. The van der Waals surface area contributed by atoms with Gasteiger partial charge in [-0.25, -0.2) is 0 Å². The number of nitrogens with zero attached hydrogens (tertiary/aromatic N) is 1. The molecule has 0 aliphatic carbocycles. The lowest BCUT2D eigenvalue weighted by Crippen LogP contribution is -2.41. The number of rotatable bonds is 5. The first-order chi connectivity index (χ1) is 11.1. The summed E-state index contributed by atoms with van der Waals surface area (Å²) in [6.07, 6.45) is 0.353. The highest BCUT2D eigenvalue weighted by molar-refractivity contribution is 5.96. The Balaban J connectivity index is 1.73. The molecular formula is C18H19N3O2. The van der Waals surface area contributed by atoms with Gasteiger partial charge in [0.15, 0.2) is 0 Å². The summed E-state index contributed by atoms with van der Waals surface area (Å²) < 4.78 is 0. The van der Waals surface area contributed by atoms with E-state index in [0.717, 1.165) is 11.3 Å². The fourth-order valence-electron chi connectivity index (χ4n) is 2.90. The summed E-state index contributed by atoms with van der Waals surface area (Å²) in [5, 5.41) is 3.22. The molecule has 3 N–H and O–H groups in total. The first-order valence-corrected chi connectivity index (χ1v) is 7.61. The number of hydrogen-bond acceptors (Lipinski definition) is 3. The van der Waals surface area contributed by atoms with Gasteiger partial charge in [-0.15, -0.1) is 0 Å². The van der Waals surface area contributed by atoms with E-state index in [1.165, 1.54) is 0 Å². The highest BCUT2D eigenvalue weighted by Gasteiger charge is 2.33. The molecule has 0 aromatic heterocycles. The second-order valence-electron chi connectivity index (χ2n) is 5.65. The summed E-state index contributed by atoms with van der Waals surface area (Å²) in [5.41, 5.74) is 7.21. The molecule has 2 aromatic carbocycles. The SMILES string of the molecule is NC(=O)C(NC1CC(=O)N(c2ccccc2)C1)c1ccccc1. The normalized spacial score (nSPS) is 18.9. The summed E-state index contributed by atoms with van der Waals surface area (Å²) in [4.78, 5) is 25.8. The van der Waals surface area contributed by atoms with Crippen LogP contribution in [0.25, 0.3) is 0 Å². The number of anilines is 1. The quantitative estimate of drug-likeness (QED) is 0.881. The molecule has 1 fully saturated rings. The molecule has 3 rings (SSSR count). The first-order valence-electron chi connectivity index (χ1n) is 7.61. The number of para-hydroxylation sites is 1. The van der Waals surface area contributed by atoms with E-state index in [4.69, 9.17) is 5.73 Å². The van der Waals surface area contributed by atoms with Crippen molar-refractivity contribution in [3.8, 4) is 0 Å². The van der Waals surface area contributed by atoms with E-state index in [9.17, 15) is 9.59 Å². The van der Waals surface area contributed by atoms with Crippen LogP contribution in [0.1, 0.15) is 18.0 Å². The van der Waals surface area contributed by atoms with Gasteiger partial charge in [-0.1, -0.05) is 48.5 Å². The maximum Gasteiger partial charge on any atom is 0.239 e. The molecule has 2 unspecified atom stereocenters. The van der Waals surface area contributed by atoms with Gasteiger partial charge in [0.05, 0.1) is 0 Å². The summed E-state index contributed by atoms with van der Waals surface area (Å²) in [6.45, 7) is 0.527. The van der Waals surface area contributed by atoms with Crippen molar-refractivity contribution in [3.63, 3.8) is 0 Å². The summed E-state index contributed by atoms with van der Waals surface area (Å²) >= 11 is 0. The predicted molar refractivity (Wildman–Crippen MR) is 88.7 cm³/mol. The molecule has 1 saturated heterocycles. The maximum atomic E-state index is 12.2. The van der Waals surface area contributed by atoms with E-state index in [0.29, 0.717) is 13.0 Å². The average Bonchev–Trinajstić information content (AvgIpc) is 2.94. The van der Waals surface area contributed by atoms with E-state index in [1.807, 2.05) is 60.7 Å². The molecule has 2 aromatic rings. The minimum absolute atomic E-state index is 0.0463. The number of hydrogen-bond donors (Lipinski definition) is 2. The molecular weight excluding hydrogens is 290 g/mol. The van der Waals surface area contributed by atoms with Crippen LogP contribution >= 0.6 is 0 Å². The van der Waals surface area contributed by atoms with Gasteiger partial charge in [0.1, 0.15) is 6.04 Å². The number of benzene rings is 2. The molecule has 2 amide bonds. The molecule has 0 saturated carbocycles. The predicted octanol–water partition coefficient (Wildman–Crippen LogP) is 1.61. The Labute approximate surface area is 135 Å². The van der Waals surface area contributed by atoms with E-state index >= 15 is 0 Å². The largest absolute Gasteiger partial charge is 0.368 e. The van der Waals surface area contributed by atoms with Crippen LogP contribution in [-0.2, 0) is 9.59 Å². The topological polar surface area (TPSA) is 75.4 Å². The zero-order valence-electron chi connectivity index (χ0n) is 12.7. The van der Waals surface area contributed by atoms with Crippen LogP contribution in [0.4, 0.5) is 5.69 Å². The van der Waals surface area contributed by atoms with Crippen molar-refractivity contribution in [1.29, 1.82) is 0 Å². The lowest BCUT2D eigenvalue weighted by molar-refractivity contribution is -0.121. The van der Waals surface area contributed by atoms with Crippen LogP contribution in [-0.4, -0.2) is 24.4 Å². The number of amides is 2. The molecule has 1 aliphatic heterocycles. The highest BCUT2D eigenvalue weighted by Crippen LogP contribution is 2.23. The Morgan fingerprint density at radius 2 is 1.70 bits per heavy atom. The maximum absolute atomic E-state index is 12.2. The molecule has 1 aliphatic rings. The van der Waals surface area contributed by atoms with Gasteiger partial charge in [-0.3, -0.25) is 14.9 Å². The van der Waals surface area contributed by atoms with Crippen molar-refractivity contribution < 1.29 is 9.59 Å². The Kier molecular flexibility index (Phi) is 4.39. The van der Waals surface area contributed by atoms with E-state index in [2.05, 4.69) is 5.32 Å². The molecule has 0 bridgehead atoms. The monoisotopic (exact) mass is 309 g/mol. The highest BCUT2D eigenvalue weighted by atomic mass is 16.2. The third kappa shape index (κ3) is 3.40. The number of carbonyl (C=O) groups is 2. The summed E-state index contributed by atoms with van der Waals surface area (Å²) in [7, 11) is 0. The average molecular weight is 309 g/mol. The van der Waals surface area contributed by atoms with Crippen LogP contribution in [0.3, 0.4) is 0 Å². The Morgan fingerprint density at radius 3 is 2.30 bits per heavy atom. The summed E-state index contributed by atoms with van der Waals surface area (Å²) in [6, 6.07) is 18.2. The first kappa shape index (κ1) is 15.2. The zero-order chi connectivity index (χ0) is 16.2. The van der Waals surface area contributed by atoms with Gasteiger partial charge < -0.3 is 10.6 Å². The molecule has 5 heteroatoms. The van der Waals surface area contributed by atoms with Crippen molar-refractivity contribution in [1.82, 2.24) is 5.32 Å². The van der Waals surface area contributed by atoms with E-state index in [1.54, 1.807) is 4.90 Å². The molecule has 118 valence electrons. The molecule has 0 spiro atoms. The number of nitrogens with one attached hydrogen (secondary N) is 1. The number of primary amides is 1. The van der Waals surface area contributed by atoms with Crippen molar-refractivity contribution >= 4 is 17.5 Å². The van der Waals surface area contributed by atoms with Gasteiger partial charge in [-0.2, -0.15) is 0 Å². The molecule has 1 heterocycles. The van der Waals surface area contributed by atoms with Gasteiger partial charge >= 0.3 is 0 Å². The van der Waals surface area contributed by atoms with Crippen LogP contribution in [0.15, 0.2) is 60.7 Å². The van der Waals surface area contributed by atoms with Gasteiger partial charge in [0, 0.05) is 24.7 Å². The number of nitrogens with two attached hydrogens (primary N) is 1. The Bertz CT molecular complexity index is 688. The van der Waals surface area contributed by atoms with Crippen LogP contribution in [0.5, 0.6) is 0 Å². The van der Waals surface area contributed by atoms with Crippen molar-refractivity contribution in [2.75, 3.05) is 11.4 Å². The van der Waals surface area contributed by atoms with Crippen LogP contribution in [0.2, 0.25) is 0 Å². The van der Waals surface area contributed by atoms with Crippen molar-refractivity contribution in [2.24, 2.45) is 5.73 Å².